The van der Waals surface area contributed by atoms with Gasteiger partial charge in [-0.15, -0.1) is 0 Å². The zero-order valence-electron chi connectivity index (χ0n) is 12.3. The smallest absolute Gasteiger partial charge is 0.331 e. The van der Waals surface area contributed by atoms with E-state index in [1.165, 1.54) is 16.3 Å². The molecule has 21 heavy (non-hydrogen) atoms. The fraction of sp³-hybridized carbons (Fsp3) is 0.278. The van der Waals surface area contributed by atoms with Gasteiger partial charge in [0.1, 0.15) is 5.75 Å². The normalized spacial score (nSPS) is 15.2. The van der Waals surface area contributed by atoms with Crippen LogP contribution in [0.5, 0.6) is 5.75 Å². The van der Waals surface area contributed by atoms with Crippen LogP contribution in [0.4, 0.5) is 0 Å². The summed E-state index contributed by atoms with van der Waals surface area (Å²) in [5.74, 6) is 0.654. The van der Waals surface area contributed by atoms with Crippen molar-refractivity contribution < 1.29 is 14.3 Å². The first-order valence-electron chi connectivity index (χ1n) is 7.21. The number of esters is 1. The molecule has 0 fully saturated rings. The highest BCUT2D eigenvalue weighted by atomic mass is 16.5. The average Bonchev–Trinajstić information content (AvgIpc) is 2.50. The third-order valence-electron chi connectivity index (χ3n) is 3.90. The van der Waals surface area contributed by atoms with E-state index in [2.05, 4.69) is 18.2 Å². The predicted molar refractivity (Wildman–Crippen MR) is 83.4 cm³/mol. The molecule has 2 aromatic carbocycles. The second-order valence-electron chi connectivity index (χ2n) is 5.07. The topological polar surface area (TPSA) is 35.5 Å². The number of carbonyl (C=O) groups excluding carboxylic acids is 1. The van der Waals surface area contributed by atoms with Crippen LogP contribution in [0.2, 0.25) is 0 Å². The first kappa shape index (κ1) is 13.7. The van der Waals surface area contributed by atoms with Crippen LogP contribution in [-0.4, -0.2) is 19.7 Å². The van der Waals surface area contributed by atoms with E-state index in [4.69, 9.17) is 9.47 Å². The lowest BCUT2D eigenvalue weighted by Crippen LogP contribution is -2.06. The van der Waals surface area contributed by atoms with Crippen molar-refractivity contribution in [2.75, 3.05) is 13.7 Å². The van der Waals surface area contributed by atoms with Crippen molar-refractivity contribution in [3.05, 3.63) is 47.5 Å². The molecule has 0 saturated heterocycles. The van der Waals surface area contributed by atoms with Gasteiger partial charge in [0.25, 0.3) is 0 Å². The van der Waals surface area contributed by atoms with Gasteiger partial charge < -0.3 is 9.47 Å². The molecule has 0 bridgehead atoms. The summed E-state index contributed by atoms with van der Waals surface area (Å²) >= 11 is 0. The molecule has 0 radical (unpaired) electrons. The molecular weight excluding hydrogens is 264 g/mol. The highest BCUT2D eigenvalue weighted by molar-refractivity contribution is 6.03. The Bertz CT molecular complexity index is 729. The summed E-state index contributed by atoms with van der Waals surface area (Å²) in [5.41, 5.74) is 3.38. The SMILES string of the molecule is CCOC(=O)/C=C1\CCc2c(OC)ccc3cccc1c23. The van der Waals surface area contributed by atoms with E-state index in [9.17, 15) is 4.79 Å². The summed E-state index contributed by atoms with van der Waals surface area (Å²) in [6, 6.07) is 10.3. The first-order chi connectivity index (χ1) is 10.2. The molecular formula is C18H18O3. The van der Waals surface area contributed by atoms with Gasteiger partial charge in [0.2, 0.25) is 0 Å². The summed E-state index contributed by atoms with van der Waals surface area (Å²) in [7, 11) is 1.70. The van der Waals surface area contributed by atoms with E-state index in [1.807, 2.05) is 19.1 Å². The number of allylic oxidation sites excluding steroid dienone is 1. The molecule has 0 spiro atoms. The molecule has 0 aliphatic heterocycles. The lowest BCUT2D eigenvalue weighted by atomic mass is 9.84. The minimum atomic E-state index is -0.268. The van der Waals surface area contributed by atoms with Crippen LogP contribution in [0, 0.1) is 0 Å². The van der Waals surface area contributed by atoms with Gasteiger partial charge in [-0.2, -0.15) is 0 Å². The Labute approximate surface area is 124 Å². The molecule has 0 saturated carbocycles. The third-order valence-corrected chi connectivity index (χ3v) is 3.90. The van der Waals surface area contributed by atoms with Gasteiger partial charge in [-0.05, 0) is 47.7 Å². The van der Waals surface area contributed by atoms with Crippen LogP contribution in [0.25, 0.3) is 16.3 Å². The molecule has 0 atom stereocenters. The Hall–Kier alpha value is -2.29. The van der Waals surface area contributed by atoms with E-state index in [0.29, 0.717) is 6.61 Å². The molecule has 0 heterocycles. The lowest BCUT2D eigenvalue weighted by molar-refractivity contribution is -0.137. The van der Waals surface area contributed by atoms with Gasteiger partial charge in [-0.1, -0.05) is 24.3 Å². The molecule has 3 nitrogen and oxygen atoms in total. The van der Waals surface area contributed by atoms with Gasteiger partial charge in [-0.3, -0.25) is 0 Å². The molecule has 1 aliphatic rings. The summed E-state index contributed by atoms with van der Waals surface area (Å²) in [6.07, 6.45) is 3.33. The second-order valence-corrected chi connectivity index (χ2v) is 5.07. The summed E-state index contributed by atoms with van der Waals surface area (Å²) < 4.78 is 10.5. The molecule has 3 heteroatoms. The zero-order valence-corrected chi connectivity index (χ0v) is 12.3. The number of aryl methyl sites for hydroxylation is 1. The molecule has 0 unspecified atom stereocenters. The van der Waals surface area contributed by atoms with Gasteiger partial charge >= 0.3 is 5.97 Å². The van der Waals surface area contributed by atoms with Crippen molar-refractivity contribution in [3.8, 4) is 5.75 Å². The van der Waals surface area contributed by atoms with E-state index in [-0.39, 0.29) is 5.97 Å². The average molecular weight is 282 g/mol. The molecule has 0 N–H and O–H groups in total. The van der Waals surface area contributed by atoms with Gasteiger partial charge in [0.15, 0.2) is 0 Å². The molecule has 1 aliphatic carbocycles. The fourth-order valence-corrected chi connectivity index (χ4v) is 3.01. The Balaban J connectivity index is 2.18. The van der Waals surface area contributed by atoms with E-state index >= 15 is 0 Å². The highest BCUT2D eigenvalue weighted by Gasteiger charge is 2.20. The van der Waals surface area contributed by atoms with Crippen LogP contribution in [-0.2, 0) is 16.0 Å². The fourth-order valence-electron chi connectivity index (χ4n) is 3.01. The number of hydrogen-bond donors (Lipinski definition) is 0. The number of methoxy groups -OCH3 is 1. The second kappa shape index (κ2) is 5.60. The minimum Gasteiger partial charge on any atom is -0.496 e. The molecule has 2 aromatic rings. The Morgan fingerprint density at radius 2 is 2.10 bits per heavy atom. The zero-order chi connectivity index (χ0) is 14.8. The van der Waals surface area contributed by atoms with Crippen molar-refractivity contribution in [2.24, 2.45) is 0 Å². The van der Waals surface area contributed by atoms with Crippen molar-refractivity contribution in [3.63, 3.8) is 0 Å². The van der Waals surface area contributed by atoms with E-state index in [0.717, 1.165) is 29.7 Å². The molecule has 108 valence electrons. The van der Waals surface area contributed by atoms with Crippen LogP contribution in [0.1, 0.15) is 24.5 Å². The molecule has 0 aromatic heterocycles. The van der Waals surface area contributed by atoms with Crippen LogP contribution in [0.3, 0.4) is 0 Å². The highest BCUT2D eigenvalue weighted by Crippen LogP contribution is 2.40. The summed E-state index contributed by atoms with van der Waals surface area (Å²) in [6.45, 7) is 2.22. The van der Waals surface area contributed by atoms with Gasteiger partial charge in [0.05, 0.1) is 13.7 Å². The maximum Gasteiger partial charge on any atom is 0.331 e. The van der Waals surface area contributed by atoms with E-state index in [1.54, 1.807) is 13.2 Å². The largest absolute Gasteiger partial charge is 0.496 e. The number of rotatable bonds is 3. The van der Waals surface area contributed by atoms with Crippen molar-refractivity contribution in [2.45, 2.75) is 19.8 Å². The van der Waals surface area contributed by atoms with Crippen molar-refractivity contribution in [1.29, 1.82) is 0 Å². The Morgan fingerprint density at radius 1 is 1.24 bits per heavy atom. The van der Waals surface area contributed by atoms with Gasteiger partial charge in [-0.25, -0.2) is 4.79 Å². The predicted octanol–water partition coefficient (Wildman–Crippen LogP) is 3.74. The molecule has 3 rings (SSSR count). The van der Waals surface area contributed by atoms with Crippen molar-refractivity contribution in [1.82, 2.24) is 0 Å². The van der Waals surface area contributed by atoms with Gasteiger partial charge in [0, 0.05) is 11.6 Å². The number of hydrogen-bond acceptors (Lipinski definition) is 3. The number of carbonyl (C=O) groups is 1. The minimum absolute atomic E-state index is 0.268. The number of benzene rings is 2. The maximum absolute atomic E-state index is 11.7. The Morgan fingerprint density at radius 3 is 2.86 bits per heavy atom. The van der Waals surface area contributed by atoms with Crippen LogP contribution in [0.15, 0.2) is 36.4 Å². The van der Waals surface area contributed by atoms with E-state index < -0.39 is 0 Å². The third kappa shape index (κ3) is 2.40. The Kier molecular flexibility index (Phi) is 3.65. The quantitative estimate of drug-likeness (QED) is 0.635. The van der Waals surface area contributed by atoms with Crippen molar-refractivity contribution >= 4 is 22.3 Å². The first-order valence-corrected chi connectivity index (χ1v) is 7.21. The maximum atomic E-state index is 11.7. The van der Waals surface area contributed by atoms with Crippen LogP contribution >= 0.6 is 0 Å². The standard InChI is InChI=1S/C18H18O3/c1-3-21-17(19)11-13-7-9-15-16(20-2)10-8-12-5-4-6-14(13)18(12)15/h4-6,8,10-11H,3,7,9H2,1-2H3/b13-11+. The summed E-state index contributed by atoms with van der Waals surface area (Å²) in [4.78, 5) is 11.7. The van der Waals surface area contributed by atoms with Crippen LogP contribution < -0.4 is 4.74 Å². The lowest BCUT2D eigenvalue weighted by Gasteiger charge is -2.22. The summed E-state index contributed by atoms with van der Waals surface area (Å²) in [5, 5.41) is 2.37. The number of ether oxygens (including phenoxy) is 2. The monoisotopic (exact) mass is 282 g/mol. The molecule has 0 amide bonds.